The number of ether oxygens (including phenoxy) is 1. The standard InChI is InChI=1S/C29H38N4O3/c1-19-24-7-5-6-8-25(24)31-27(19)29(35)32-26(16-11-21-9-10-21)28(34)30-20(2)22-12-14-23(15-13-22)36-18-17-33(3)4/h5-8,12-15,20-21,26,31H,9-11,16-18H2,1-4H3,(H,30,34)(H,32,35)/t20-,26?/m0/s1. The Bertz CT molecular complexity index is 1180. The Labute approximate surface area is 213 Å². The van der Waals surface area contributed by atoms with E-state index in [1.807, 2.05) is 76.5 Å². The number of hydrogen-bond donors (Lipinski definition) is 3. The van der Waals surface area contributed by atoms with E-state index in [0.29, 0.717) is 24.6 Å². The molecule has 7 nitrogen and oxygen atoms in total. The summed E-state index contributed by atoms with van der Waals surface area (Å²) in [5.74, 6) is 1.08. The van der Waals surface area contributed by atoms with E-state index in [-0.39, 0.29) is 17.9 Å². The molecule has 1 saturated carbocycles. The maximum Gasteiger partial charge on any atom is 0.268 e. The molecule has 0 radical (unpaired) electrons. The second-order valence-electron chi connectivity index (χ2n) is 10.2. The third kappa shape index (κ3) is 6.66. The van der Waals surface area contributed by atoms with Gasteiger partial charge < -0.3 is 25.3 Å². The zero-order valence-corrected chi connectivity index (χ0v) is 21.8. The van der Waals surface area contributed by atoms with E-state index in [2.05, 4.69) is 20.5 Å². The van der Waals surface area contributed by atoms with Crippen molar-refractivity contribution in [2.75, 3.05) is 27.2 Å². The Hall–Kier alpha value is -3.32. The average molecular weight is 491 g/mol. The number of carbonyl (C=O) groups excluding carboxylic acids is 2. The predicted molar refractivity (Wildman–Crippen MR) is 143 cm³/mol. The normalized spacial score (nSPS) is 15.0. The van der Waals surface area contributed by atoms with Gasteiger partial charge in [-0.15, -0.1) is 0 Å². The first-order valence-corrected chi connectivity index (χ1v) is 12.9. The molecule has 1 aliphatic rings. The van der Waals surface area contributed by atoms with Crippen LogP contribution in [0.25, 0.3) is 10.9 Å². The number of fused-ring (bicyclic) bond motifs is 1. The lowest BCUT2D eigenvalue weighted by molar-refractivity contribution is -0.123. The summed E-state index contributed by atoms with van der Waals surface area (Å²) in [5, 5.41) is 7.13. The molecule has 192 valence electrons. The van der Waals surface area contributed by atoms with Gasteiger partial charge in [0.05, 0.1) is 6.04 Å². The molecule has 1 heterocycles. The molecular weight excluding hydrogens is 452 g/mol. The van der Waals surface area contributed by atoms with Crippen LogP contribution < -0.4 is 15.4 Å². The van der Waals surface area contributed by atoms with Crippen LogP contribution in [-0.2, 0) is 4.79 Å². The average Bonchev–Trinajstić information content (AvgIpc) is 3.63. The zero-order chi connectivity index (χ0) is 25.7. The van der Waals surface area contributed by atoms with Gasteiger partial charge >= 0.3 is 0 Å². The fraction of sp³-hybridized carbons (Fsp3) is 0.448. The molecule has 0 aliphatic heterocycles. The van der Waals surface area contributed by atoms with Crippen LogP contribution in [0.4, 0.5) is 0 Å². The van der Waals surface area contributed by atoms with Gasteiger partial charge in [0.2, 0.25) is 5.91 Å². The Kier molecular flexibility index (Phi) is 8.31. The van der Waals surface area contributed by atoms with E-state index in [0.717, 1.165) is 40.7 Å². The molecule has 4 rings (SSSR count). The predicted octanol–water partition coefficient (Wildman–Crippen LogP) is 4.58. The highest BCUT2D eigenvalue weighted by Gasteiger charge is 2.28. The summed E-state index contributed by atoms with van der Waals surface area (Å²) >= 11 is 0. The second-order valence-corrected chi connectivity index (χ2v) is 10.2. The number of aromatic nitrogens is 1. The van der Waals surface area contributed by atoms with Crippen molar-refractivity contribution in [1.82, 2.24) is 20.5 Å². The van der Waals surface area contributed by atoms with Crippen LogP contribution in [0.1, 0.15) is 60.3 Å². The summed E-state index contributed by atoms with van der Waals surface area (Å²) < 4.78 is 5.77. The van der Waals surface area contributed by atoms with Crippen molar-refractivity contribution >= 4 is 22.7 Å². The van der Waals surface area contributed by atoms with Gasteiger partial charge in [0, 0.05) is 17.4 Å². The molecule has 2 atom stereocenters. The number of nitrogens with zero attached hydrogens (tertiary/aromatic N) is 1. The SMILES string of the molecule is Cc1c(C(=O)NC(CCC2CC2)C(=O)N[C@@H](C)c2ccc(OCCN(C)C)cc2)[nH]c2ccccc12. The van der Waals surface area contributed by atoms with Crippen molar-refractivity contribution < 1.29 is 14.3 Å². The molecule has 1 aromatic heterocycles. The van der Waals surface area contributed by atoms with Crippen LogP contribution in [0.5, 0.6) is 5.75 Å². The summed E-state index contributed by atoms with van der Waals surface area (Å²) in [7, 11) is 4.02. The zero-order valence-electron chi connectivity index (χ0n) is 21.8. The summed E-state index contributed by atoms with van der Waals surface area (Å²) in [6.07, 6.45) is 4.00. The fourth-order valence-electron chi connectivity index (χ4n) is 4.41. The quantitative estimate of drug-likeness (QED) is 0.347. The maximum absolute atomic E-state index is 13.3. The number of para-hydroxylation sites is 1. The van der Waals surface area contributed by atoms with Crippen molar-refractivity contribution in [3.05, 3.63) is 65.4 Å². The van der Waals surface area contributed by atoms with Gasteiger partial charge in [-0.05, 0) is 76.0 Å². The molecule has 3 aromatic rings. The highest BCUT2D eigenvalue weighted by molar-refractivity contribution is 6.02. The molecule has 0 saturated heterocycles. The minimum absolute atomic E-state index is 0.156. The van der Waals surface area contributed by atoms with Crippen LogP contribution in [-0.4, -0.2) is 55.0 Å². The number of carbonyl (C=O) groups is 2. The number of hydrogen-bond acceptors (Lipinski definition) is 4. The van der Waals surface area contributed by atoms with E-state index in [1.165, 1.54) is 12.8 Å². The lowest BCUT2D eigenvalue weighted by Crippen LogP contribution is -2.47. The molecule has 7 heteroatoms. The summed E-state index contributed by atoms with van der Waals surface area (Å²) in [6.45, 7) is 5.36. The number of H-pyrrole nitrogens is 1. The van der Waals surface area contributed by atoms with E-state index in [9.17, 15) is 9.59 Å². The number of likely N-dealkylation sites (N-methyl/N-ethyl adjacent to an activating group) is 1. The molecule has 0 bridgehead atoms. The Balaban J connectivity index is 1.39. The van der Waals surface area contributed by atoms with Gasteiger partial charge in [-0.1, -0.05) is 43.2 Å². The fourth-order valence-corrected chi connectivity index (χ4v) is 4.41. The molecule has 2 amide bonds. The van der Waals surface area contributed by atoms with Crippen LogP contribution in [0.15, 0.2) is 48.5 Å². The molecule has 0 spiro atoms. The molecule has 2 aromatic carbocycles. The van der Waals surface area contributed by atoms with Crippen LogP contribution in [0, 0.1) is 12.8 Å². The van der Waals surface area contributed by atoms with E-state index >= 15 is 0 Å². The Morgan fingerprint density at radius 2 is 1.81 bits per heavy atom. The van der Waals surface area contributed by atoms with Crippen molar-refractivity contribution in [3.8, 4) is 5.75 Å². The van der Waals surface area contributed by atoms with E-state index in [4.69, 9.17) is 4.74 Å². The van der Waals surface area contributed by atoms with Crippen LogP contribution >= 0.6 is 0 Å². The Morgan fingerprint density at radius 1 is 1.08 bits per heavy atom. The summed E-state index contributed by atoms with van der Waals surface area (Å²) in [6, 6.07) is 14.9. The molecule has 3 N–H and O–H groups in total. The number of benzene rings is 2. The Morgan fingerprint density at radius 3 is 2.47 bits per heavy atom. The van der Waals surface area contributed by atoms with Crippen molar-refractivity contribution in [2.24, 2.45) is 5.92 Å². The largest absolute Gasteiger partial charge is 0.492 e. The number of rotatable bonds is 12. The molecule has 1 unspecified atom stereocenters. The van der Waals surface area contributed by atoms with Gasteiger partial charge in [0.1, 0.15) is 24.1 Å². The monoisotopic (exact) mass is 490 g/mol. The first kappa shape index (κ1) is 25.8. The molecule has 1 aliphatic carbocycles. The highest BCUT2D eigenvalue weighted by atomic mass is 16.5. The van der Waals surface area contributed by atoms with Crippen molar-refractivity contribution in [2.45, 2.75) is 51.6 Å². The van der Waals surface area contributed by atoms with Gasteiger partial charge in [-0.2, -0.15) is 0 Å². The summed E-state index contributed by atoms with van der Waals surface area (Å²) in [4.78, 5) is 31.8. The smallest absolute Gasteiger partial charge is 0.268 e. The first-order chi connectivity index (χ1) is 17.3. The number of nitrogens with one attached hydrogen (secondary N) is 3. The molecule has 36 heavy (non-hydrogen) atoms. The number of aromatic amines is 1. The molecular formula is C29H38N4O3. The third-order valence-corrected chi connectivity index (χ3v) is 6.92. The topological polar surface area (TPSA) is 86.5 Å². The third-order valence-electron chi connectivity index (χ3n) is 6.92. The van der Waals surface area contributed by atoms with Crippen LogP contribution in [0.2, 0.25) is 0 Å². The number of amides is 2. The summed E-state index contributed by atoms with van der Waals surface area (Å²) in [5.41, 5.74) is 3.31. The minimum atomic E-state index is -0.583. The second kappa shape index (κ2) is 11.6. The lowest BCUT2D eigenvalue weighted by Gasteiger charge is -2.22. The van der Waals surface area contributed by atoms with Crippen molar-refractivity contribution in [3.63, 3.8) is 0 Å². The van der Waals surface area contributed by atoms with E-state index in [1.54, 1.807) is 0 Å². The lowest BCUT2D eigenvalue weighted by atomic mass is 10.0. The van der Waals surface area contributed by atoms with Gasteiger partial charge in [-0.3, -0.25) is 9.59 Å². The maximum atomic E-state index is 13.3. The van der Waals surface area contributed by atoms with Gasteiger partial charge in [-0.25, -0.2) is 0 Å². The van der Waals surface area contributed by atoms with Crippen LogP contribution in [0.3, 0.4) is 0 Å². The first-order valence-electron chi connectivity index (χ1n) is 12.9. The van der Waals surface area contributed by atoms with Gasteiger partial charge in [0.25, 0.3) is 5.91 Å². The molecule has 1 fully saturated rings. The van der Waals surface area contributed by atoms with E-state index < -0.39 is 6.04 Å². The van der Waals surface area contributed by atoms with Gasteiger partial charge in [0.15, 0.2) is 0 Å². The number of aryl methyl sites for hydroxylation is 1. The minimum Gasteiger partial charge on any atom is -0.492 e. The highest BCUT2D eigenvalue weighted by Crippen LogP contribution is 2.34. The van der Waals surface area contributed by atoms with Crippen molar-refractivity contribution in [1.29, 1.82) is 0 Å².